The van der Waals surface area contributed by atoms with E-state index in [1.165, 1.54) is 16.8 Å². The lowest BCUT2D eigenvalue weighted by atomic mass is 10.1. The molecule has 0 unspecified atom stereocenters. The molecule has 0 aliphatic rings. The van der Waals surface area contributed by atoms with Crippen molar-refractivity contribution in [2.24, 2.45) is 4.99 Å². The molecular weight excluding hydrogens is 386 g/mol. The summed E-state index contributed by atoms with van der Waals surface area (Å²) in [6.45, 7) is 9.72. The number of nitrogens with one attached hydrogen (secondary N) is 2. The summed E-state index contributed by atoms with van der Waals surface area (Å²) in [5, 5.41) is 10.9. The number of hydrogen-bond acceptors (Lipinski definition) is 3. The second-order valence-corrected chi connectivity index (χ2v) is 7.40. The summed E-state index contributed by atoms with van der Waals surface area (Å²) in [5.41, 5.74) is 6.14. The fourth-order valence-electron chi connectivity index (χ4n) is 3.64. The third kappa shape index (κ3) is 5.60. The molecule has 0 spiro atoms. The molecule has 0 radical (unpaired) electrons. The lowest BCUT2D eigenvalue weighted by Crippen LogP contribution is -2.36. The van der Waals surface area contributed by atoms with Crippen molar-refractivity contribution in [3.05, 3.63) is 82.7 Å². The van der Waals surface area contributed by atoms with Crippen LogP contribution in [0.15, 0.2) is 59.6 Å². The van der Waals surface area contributed by atoms with E-state index in [1.54, 1.807) is 12.1 Å². The van der Waals surface area contributed by atoms with Gasteiger partial charge in [0.15, 0.2) is 0 Å². The smallest absolute Gasteiger partial charge is 0.257 e. The van der Waals surface area contributed by atoms with E-state index >= 15 is 0 Å². The van der Waals surface area contributed by atoms with Crippen molar-refractivity contribution in [1.82, 2.24) is 15.1 Å². The molecule has 3 rings (SSSR count). The lowest BCUT2D eigenvalue weighted by Gasteiger charge is -2.14. The normalized spacial score (nSPS) is 11.4. The Kier molecular flexibility index (Phi) is 7.60. The van der Waals surface area contributed by atoms with Crippen LogP contribution in [0.5, 0.6) is 0 Å². The quantitative estimate of drug-likeness (QED) is 0.438. The number of aliphatic imine (C=N–C) groups is 1. The molecule has 2 N–H and O–H groups in total. The number of amides is 1. The van der Waals surface area contributed by atoms with Crippen LogP contribution in [0.1, 0.15) is 46.7 Å². The Hall–Kier alpha value is -3.41. The molecular formula is C25H31N5O. The molecule has 0 aliphatic heterocycles. The largest absolute Gasteiger partial charge is 0.326 e. The first-order chi connectivity index (χ1) is 15.0. The van der Waals surface area contributed by atoms with Gasteiger partial charge in [-0.15, -0.1) is 0 Å². The van der Waals surface area contributed by atoms with Gasteiger partial charge in [-0.25, -0.2) is 0 Å². The SMILES string of the molecule is CCc1ccccc1NC(=NCCc1c(C)nn(CC)c1C)NC(=O)c1ccccc1. The number of carbonyl (C=O) groups is 1. The van der Waals surface area contributed by atoms with Gasteiger partial charge in [0, 0.05) is 30.0 Å². The van der Waals surface area contributed by atoms with Gasteiger partial charge in [-0.3, -0.25) is 19.8 Å². The summed E-state index contributed by atoms with van der Waals surface area (Å²) < 4.78 is 2.02. The standard InChI is InChI=1S/C25H31N5O/c1-5-20-12-10-11-15-23(20)27-25(28-24(31)21-13-8-7-9-14-21)26-17-16-22-18(3)29-30(6-2)19(22)4/h7-15H,5-6,16-17H2,1-4H3,(H2,26,27,28,31). The Morgan fingerprint density at radius 1 is 1.03 bits per heavy atom. The van der Waals surface area contributed by atoms with Crippen molar-refractivity contribution in [2.75, 3.05) is 11.9 Å². The number of nitrogens with zero attached hydrogens (tertiary/aromatic N) is 3. The minimum absolute atomic E-state index is 0.188. The van der Waals surface area contributed by atoms with Crippen LogP contribution >= 0.6 is 0 Å². The lowest BCUT2D eigenvalue weighted by molar-refractivity contribution is 0.0977. The van der Waals surface area contributed by atoms with Gasteiger partial charge in [-0.1, -0.05) is 43.3 Å². The number of guanidine groups is 1. The van der Waals surface area contributed by atoms with Gasteiger partial charge in [0.25, 0.3) is 5.91 Å². The molecule has 0 saturated carbocycles. The van der Waals surface area contributed by atoms with Gasteiger partial charge in [0.1, 0.15) is 0 Å². The molecule has 0 bridgehead atoms. The third-order valence-corrected chi connectivity index (χ3v) is 5.38. The predicted octanol–water partition coefficient (Wildman–Crippen LogP) is 4.52. The zero-order valence-corrected chi connectivity index (χ0v) is 18.8. The highest BCUT2D eigenvalue weighted by Gasteiger charge is 2.12. The number of carbonyl (C=O) groups excluding carboxylic acids is 1. The average Bonchev–Trinajstić information content (AvgIpc) is 3.07. The molecule has 1 heterocycles. The molecule has 0 atom stereocenters. The first-order valence-corrected chi connectivity index (χ1v) is 10.8. The maximum absolute atomic E-state index is 12.7. The Morgan fingerprint density at radius 2 is 1.74 bits per heavy atom. The number of hydrogen-bond donors (Lipinski definition) is 2. The number of para-hydroxylation sites is 1. The van der Waals surface area contributed by atoms with Crippen molar-refractivity contribution in [1.29, 1.82) is 0 Å². The summed E-state index contributed by atoms with van der Waals surface area (Å²) in [6.07, 6.45) is 1.65. The van der Waals surface area contributed by atoms with Crippen LogP contribution in [0, 0.1) is 13.8 Å². The number of rotatable bonds is 7. The zero-order chi connectivity index (χ0) is 22.2. The molecule has 31 heavy (non-hydrogen) atoms. The summed E-state index contributed by atoms with van der Waals surface area (Å²) in [5.74, 6) is 0.264. The van der Waals surface area contributed by atoms with Crippen molar-refractivity contribution >= 4 is 17.6 Å². The van der Waals surface area contributed by atoms with Crippen LogP contribution in [-0.4, -0.2) is 28.2 Å². The third-order valence-electron chi connectivity index (χ3n) is 5.38. The minimum Gasteiger partial charge on any atom is -0.326 e. The van der Waals surface area contributed by atoms with Gasteiger partial charge >= 0.3 is 0 Å². The maximum atomic E-state index is 12.7. The van der Waals surface area contributed by atoms with E-state index in [0.717, 1.165) is 30.8 Å². The molecule has 162 valence electrons. The summed E-state index contributed by atoms with van der Waals surface area (Å²) in [7, 11) is 0. The van der Waals surface area contributed by atoms with E-state index in [-0.39, 0.29) is 5.91 Å². The van der Waals surface area contributed by atoms with Crippen LogP contribution < -0.4 is 10.6 Å². The van der Waals surface area contributed by atoms with E-state index in [1.807, 2.05) is 48.0 Å². The van der Waals surface area contributed by atoms with E-state index in [2.05, 4.69) is 42.6 Å². The minimum atomic E-state index is -0.188. The summed E-state index contributed by atoms with van der Waals surface area (Å²) in [6, 6.07) is 17.2. The van der Waals surface area contributed by atoms with Gasteiger partial charge in [0.05, 0.1) is 5.69 Å². The first kappa shape index (κ1) is 22.3. The van der Waals surface area contributed by atoms with Gasteiger partial charge in [0.2, 0.25) is 5.96 Å². The summed E-state index contributed by atoms with van der Waals surface area (Å²) in [4.78, 5) is 17.4. The Labute approximate surface area is 184 Å². The molecule has 1 aromatic heterocycles. The van der Waals surface area contributed by atoms with E-state index in [4.69, 9.17) is 4.99 Å². The summed E-state index contributed by atoms with van der Waals surface area (Å²) >= 11 is 0. The van der Waals surface area contributed by atoms with Crippen molar-refractivity contribution in [2.45, 2.75) is 47.1 Å². The van der Waals surface area contributed by atoms with Crippen LogP contribution in [-0.2, 0) is 19.4 Å². The molecule has 0 fully saturated rings. The second-order valence-electron chi connectivity index (χ2n) is 7.40. The Balaban J connectivity index is 1.80. The van der Waals surface area contributed by atoms with Gasteiger partial charge in [-0.05, 0) is 62.9 Å². The first-order valence-electron chi connectivity index (χ1n) is 10.8. The van der Waals surface area contributed by atoms with E-state index < -0.39 is 0 Å². The van der Waals surface area contributed by atoms with Crippen molar-refractivity contribution in [3.8, 4) is 0 Å². The van der Waals surface area contributed by atoms with E-state index in [9.17, 15) is 4.79 Å². The van der Waals surface area contributed by atoms with Crippen LogP contribution in [0.4, 0.5) is 5.69 Å². The average molecular weight is 418 g/mol. The highest BCUT2D eigenvalue weighted by Crippen LogP contribution is 2.16. The van der Waals surface area contributed by atoms with Crippen LogP contribution in [0.2, 0.25) is 0 Å². The topological polar surface area (TPSA) is 71.3 Å². The van der Waals surface area contributed by atoms with Crippen molar-refractivity contribution < 1.29 is 4.79 Å². The highest BCUT2D eigenvalue weighted by molar-refractivity contribution is 6.10. The monoisotopic (exact) mass is 417 g/mol. The molecule has 6 nitrogen and oxygen atoms in total. The molecule has 0 aliphatic carbocycles. The number of aromatic nitrogens is 2. The zero-order valence-electron chi connectivity index (χ0n) is 18.8. The molecule has 3 aromatic rings. The predicted molar refractivity (Wildman–Crippen MR) is 127 cm³/mol. The fourth-order valence-corrected chi connectivity index (χ4v) is 3.64. The molecule has 6 heteroatoms. The number of anilines is 1. The number of benzene rings is 2. The van der Waals surface area contributed by atoms with Crippen LogP contribution in [0.3, 0.4) is 0 Å². The molecule has 0 saturated heterocycles. The van der Waals surface area contributed by atoms with Crippen LogP contribution in [0.25, 0.3) is 0 Å². The fraction of sp³-hybridized carbons (Fsp3) is 0.320. The van der Waals surface area contributed by atoms with E-state index in [0.29, 0.717) is 18.1 Å². The maximum Gasteiger partial charge on any atom is 0.257 e. The Morgan fingerprint density at radius 3 is 2.42 bits per heavy atom. The Bertz CT molecular complexity index is 1050. The second kappa shape index (κ2) is 10.6. The number of aryl methyl sites for hydroxylation is 3. The highest BCUT2D eigenvalue weighted by atomic mass is 16.1. The van der Waals surface area contributed by atoms with Gasteiger partial charge in [-0.2, -0.15) is 5.10 Å². The van der Waals surface area contributed by atoms with Crippen molar-refractivity contribution in [3.63, 3.8) is 0 Å². The van der Waals surface area contributed by atoms with Gasteiger partial charge < -0.3 is 5.32 Å². The molecule has 2 aromatic carbocycles. The molecule has 1 amide bonds.